The molecule has 0 aromatic heterocycles. The number of benzene rings is 1. The van der Waals surface area contributed by atoms with Crippen LogP contribution in [-0.2, 0) is 0 Å². The third kappa shape index (κ3) is 1.96. The molecule has 1 aromatic rings. The number of halogens is 1. The van der Waals surface area contributed by atoms with E-state index in [1.807, 2.05) is 36.4 Å². The molecule has 17 heavy (non-hydrogen) atoms. The summed E-state index contributed by atoms with van der Waals surface area (Å²) in [6, 6.07) is 14.3. The van der Waals surface area contributed by atoms with E-state index in [-0.39, 0.29) is 9.84 Å². The maximum Gasteiger partial charge on any atom is 0.165 e. The van der Waals surface area contributed by atoms with Gasteiger partial charge in [0.2, 0.25) is 0 Å². The van der Waals surface area contributed by atoms with Crippen LogP contribution >= 0.6 is 22.6 Å². The van der Waals surface area contributed by atoms with Crippen molar-refractivity contribution in [3.8, 4) is 12.1 Å². The van der Waals surface area contributed by atoms with Crippen molar-refractivity contribution in [2.75, 3.05) is 0 Å². The summed E-state index contributed by atoms with van der Waals surface area (Å²) >= 11 is 2.22. The highest BCUT2D eigenvalue weighted by molar-refractivity contribution is 14.1. The summed E-state index contributed by atoms with van der Waals surface area (Å²) < 4.78 is 0.0327. The molecule has 2 nitrogen and oxygen atoms in total. The molecule has 0 unspecified atom stereocenters. The number of hydrogen-bond donors (Lipinski definition) is 0. The van der Waals surface area contributed by atoms with Gasteiger partial charge in [0.1, 0.15) is 0 Å². The molecule has 84 valence electrons. The van der Waals surface area contributed by atoms with E-state index in [0.717, 1.165) is 12.0 Å². The van der Waals surface area contributed by atoms with Gasteiger partial charge in [-0.15, -0.1) is 0 Å². The van der Waals surface area contributed by atoms with E-state index in [9.17, 15) is 10.5 Å². The minimum absolute atomic E-state index is 0.0327. The van der Waals surface area contributed by atoms with Crippen molar-refractivity contribution in [3.63, 3.8) is 0 Å². The molecular weight excluding hydrogens is 323 g/mol. The number of hydrogen-bond acceptors (Lipinski definition) is 2. The number of alkyl halides is 1. The van der Waals surface area contributed by atoms with Gasteiger partial charge in [-0.05, 0) is 12.0 Å². The number of nitrogens with zero attached hydrogens (tertiary/aromatic N) is 2. The van der Waals surface area contributed by atoms with Crippen LogP contribution in [0.5, 0.6) is 0 Å². The molecule has 1 aromatic carbocycles. The Morgan fingerprint density at radius 3 is 2.41 bits per heavy atom. The molecule has 0 radical (unpaired) electrons. The summed E-state index contributed by atoms with van der Waals surface area (Å²) in [4.78, 5) is 0. The maximum absolute atomic E-state index is 9.43. The summed E-state index contributed by atoms with van der Waals surface area (Å²) in [6.07, 6.45) is 4.85. The fraction of sp³-hybridized carbons (Fsp3) is 0.286. The lowest BCUT2D eigenvalue weighted by Crippen LogP contribution is -2.36. The van der Waals surface area contributed by atoms with E-state index < -0.39 is 5.41 Å². The SMILES string of the molecule is N#CC1(C#N)[C@@H](I)CC=C[C@H]1c1ccccc1. The molecule has 2 atom stereocenters. The van der Waals surface area contributed by atoms with Gasteiger partial charge in [0.25, 0.3) is 0 Å². The van der Waals surface area contributed by atoms with Crippen molar-refractivity contribution in [1.29, 1.82) is 10.5 Å². The summed E-state index contributed by atoms with van der Waals surface area (Å²) in [7, 11) is 0. The largest absolute Gasteiger partial charge is 0.196 e. The Kier molecular flexibility index (Phi) is 3.49. The molecule has 1 aliphatic rings. The smallest absolute Gasteiger partial charge is 0.165 e. The fourth-order valence-electron chi connectivity index (χ4n) is 2.21. The Labute approximate surface area is 115 Å². The third-order valence-corrected chi connectivity index (χ3v) is 4.68. The Hall–Kier alpha value is -1.33. The molecular formula is C14H11IN2. The number of nitriles is 2. The van der Waals surface area contributed by atoms with Crippen LogP contribution in [0, 0.1) is 28.1 Å². The average molecular weight is 334 g/mol. The van der Waals surface area contributed by atoms with Gasteiger partial charge in [-0.3, -0.25) is 0 Å². The van der Waals surface area contributed by atoms with Crippen LogP contribution < -0.4 is 0 Å². The van der Waals surface area contributed by atoms with Crippen molar-refractivity contribution in [2.45, 2.75) is 16.3 Å². The third-order valence-electron chi connectivity index (χ3n) is 3.18. The fourth-order valence-corrected chi connectivity index (χ4v) is 3.16. The molecule has 0 heterocycles. The molecule has 2 rings (SSSR count). The Bertz CT molecular complexity index is 493. The summed E-state index contributed by atoms with van der Waals surface area (Å²) in [5.41, 5.74) is 0.0876. The Balaban J connectivity index is 2.53. The lowest BCUT2D eigenvalue weighted by Gasteiger charge is -2.34. The highest BCUT2D eigenvalue weighted by Crippen LogP contribution is 2.46. The van der Waals surface area contributed by atoms with Crippen LogP contribution in [-0.4, -0.2) is 3.92 Å². The van der Waals surface area contributed by atoms with E-state index in [1.165, 1.54) is 0 Å². The van der Waals surface area contributed by atoms with Gasteiger partial charge in [-0.1, -0.05) is 65.1 Å². The van der Waals surface area contributed by atoms with Crippen LogP contribution in [0.4, 0.5) is 0 Å². The molecule has 1 aliphatic carbocycles. The van der Waals surface area contributed by atoms with Gasteiger partial charge in [-0.2, -0.15) is 10.5 Å². The van der Waals surface area contributed by atoms with Crippen molar-refractivity contribution in [2.24, 2.45) is 5.41 Å². The molecule has 0 aliphatic heterocycles. The van der Waals surface area contributed by atoms with E-state index in [4.69, 9.17) is 0 Å². The standard InChI is InChI=1S/C14H11IN2/c15-13-8-4-7-12(14(13,9-16)10-17)11-5-2-1-3-6-11/h1-7,12-13H,8H2/t12-,13-/m0/s1. The second-order valence-corrected chi connectivity index (χ2v) is 5.62. The van der Waals surface area contributed by atoms with Crippen molar-refractivity contribution < 1.29 is 0 Å². The van der Waals surface area contributed by atoms with Crippen LogP contribution in [0.15, 0.2) is 42.5 Å². The summed E-state index contributed by atoms with van der Waals surface area (Å²) in [5.74, 6) is -0.130. The van der Waals surface area contributed by atoms with Gasteiger partial charge in [0.15, 0.2) is 5.41 Å². The van der Waals surface area contributed by atoms with Gasteiger partial charge >= 0.3 is 0 Å². The van der Waals surface area contributed by atoms with E-state index >= 15 is 0 Å². The highest BCUT2D eigenvalue weighted by Gasteiger charge is 2.46. The van der Waals surface area contributed by atoms with Gasteiger partial charge < -0.3 is 0 Å². The Morgan fingerprint density at radius 1 is 1.18 bits per heavy atom. The van der Waals surface area contributed by atoms with Gasteiger partial charge in [-0.25, -0.2) is 0 Å². The Morgan fingerprint density at radius 2 is 1.82 bits per heavy atom. The van der Waals surface area contributed by atoms with Crippen molar-refractivity contribution in [3.05, 3.63) is 48.0 Å². The van der Waals surface area contributed by atoms with Gasteiger partial charge in [0.05, 0.1) is 12.1 Å². The summed E-state index contributed by atoms with van der Waals surface area (Å²) in [5, 5.41) is 18.9. The second kappa shape index (κ2) is 4.89. The van der Waals surface area contributed by atoms with Gasteiger partial charge in [0, 0.05) is 9.84 Å². The zero-order chi connectivity index (χ0) is 12.3. The predicted octanol–water partition coefficient (Wildman–Crippen LogP) is 3.57. The average Bonchev–Trinajstić information content (AvgIpc) is 2.40. The minimum Gasteiger partial charge on any atom is -0.196 e. The maximum atomic E-state index is 9.43. The first-order chi connectivity index (χ1) is 8.24. The second-order valence-electron chi connectivity index (χ2n) is 4.11. The van der Waals surface area contributed by atoms with Crippen molar-refractivity contribution >= 4 is 22.6 Å². The lowest BCUT2D eigenvalue weighted by atomic mass is 9.68. The van der Waals surface area contributed by atoms with Crippen LogP contribution in [0.1, 0.15) is 17.9 Å². The van der Waals surface area contributed by atoms with E-state index in [0.29, 0.717) is 0 Å². The quantitative estimate of drug-likeness (QED) is 0.448. The number of rotatable bonds is 1. The lowest BCUT2D eigenvalue weighted by molar-refractivity contribution is 0.442. The molecule has 0 N–H and O–H groups in total. The first kappa shape index (κ1) is 12.1. The molecule has 0 saturated heterocycles. The zero-order valence-corrected chi connectivity index (χ0v) is 11.3. The predicted molar refractivity (Wildman–Crippen MR) is 74.4 cm³/mol. The topological polar surface area (TPSA) is 47.6 Å². The minimum atomic E-state index is -0.948. The summed E-state index contributed by atoms with van der Waals surface area (Å²) in [6.45, 7) is 0. The molecule has 0 fully saturated rings. The number of allylic oxidation sites excluding steroid dienone is 2. The van der Waals surface area contributed by atoms with Crippen LogP contribution in [0.25, 0.3) is 0 Å². The molecule has 0 saturated carbocycles. The van der Waals surface area contributed by atoms with E-state index in [1.54, 1.807) is 0 Å². The monoisotopic (exact) mass is 334 g/mol. The molecule has 0 bridgehead atoms. The van der Waals surface area contributed by atoms with Crippen LogP contribution in [0.3, 0.4) is 0 Å². The highest BCUT2D eigenvalue weighted by atomic mass is 127. The molecule has 3 heteroatoms. The van der Waals surface area contributed by atoms with Crippen molar-refractivity contribution in [1.82, 2.24) is 0 Å². The molecule has 0 amide bonds. The van der Waals surface area contributed by atoms with E-state index in [2.05, 4.69) is 40.8 Å². The molecule has 0 spiro atoms. The first-order valence-corrected chi connectivity index (χ1v) is 6.67. The normalized spacial score (nSPS) is 25.8. The first-order valence-electron chi connectivity index (χ1n) is 5.43. The van der Waals surface area contributed by atoms with Crippen LogP contribution in [0.2, 0.25) is 0 Å². The zero-order valence-electron chi connectivity index (χ0n) is 9.18.